The van der Waals surface area contributed by atoms with Crippen LogP contribution in [-0.4, -0.2) is 0 Å². The molecule has 0 heterocycles. The van der Waals surface area contributed by atoms with Crippen molar-refractivity contribution < 1.29 is 0 Å². The van der Waals surface area contributed by atoms with Gasteiger partial charge in [-0.15, -0.1) is 0 Å². The van der Waals surface area contributed by atoms with Gasteiger partial charge in [-0.25, -0.2) is 0 Å². The van der Waals surface area contributed by atoms with Crippen LogP contribution >= 0.6 is 0 Å². The summed E-state index contributed by atoms with van der Waals surface area (Å²) in [5.74, 6) is 0. The fraction of sp³-hybridized carbons (Fsp3) is 0.167. The van der Waals surface area contributed by atoms with E-state index in [9.17, 15) is 0 Å². The fourth-order valence-electron chi connectivity index (χ4n) is 1.44. The SMILES string of the molecule is C=C1C(C)=C1c1ccc(C)cc1. The van der Waals surface area contributed by atoms with Crippen LogP contribution in [0, 0.1) is 6.92 Å². The van der Waals surface area contributed by atoms with Crippen LogP contribution in [0.1, 0.15) is 18.1 Å². The van der Waals surface area contributed by atoms with Crippen molar-refractivity contribution in [1.82, 2.24) is 0 Å². The number of hydrogen-bond acceptors (Lipinski definition) is 0. The molecule has 0 spiro atoms. The minimum absolute atomic E-state index is 1.22. The zero-order chi connectivity index (χ0) is 8.72. The van der Waals surface area contributed by atoms with Gasteiger partial charge < -0.3 is 0 Å². The predicted molar refractivity (Wildman–Crippen MR) is 52.9 cm³/mol. The summed E-state index contributed by atoms with van der Waals surface area (Å²) in [4.78, 5) is 0. The van der Waals surface area contributed by atoms with Crippen LogP contribution in [0.4, 0.5) is 0 Å². The Morgan fingerprint density at radius 2 is 1.50 bits per heavy atom. The zero-order valence-corrected chi connectivity index (χ0v) is 7.52. The lowest BCUT2D eigenvalue weighted by Crippen LogP contribution is -1.74. The Hall–Kier alpha value is -1.30. The van der Waals surface area contributed by atoms with Gasteiger partial charge in [0.15, 0.2) is 0 Å². The monoisotopic (exact) mass is 156 g/mol. The van der Waals surface area contributed by atoms with Crippen molar-refractivity contribution in [2.24, 2.45) is 0 Å². The summed E-state index contributed by atoms with van der Waals surface area (Å²) in [7, 11) is 0. The van der Waals surface area contributed by atoms with Crippen LogP contribution in [0.2, 0.25) is 0 Å². The zero-order valence-electron chi connectivity index (χ0n) is 7.52. The van der Waals surface area contributed by atoms with E-state index in [1.165, 1.54) is 27.8 Å². The molecule has 0 amide bonds. The Morgan fingerprint density at radius 1 is 1.00 bits per heavy atom. The lowest BCUT2D eigenvalue weighted by atomic mass is 10.1. The Morgan fingerprint density at radius 3 is 1.92 bits per heavy atom. The summed E-state index contributed by atoms with van der Waals surface area (Å²) >= 11 is 0. The van der Waals surface area contributed by atoms with Crippen molar-refractivity contribution in [3.63, 3.8) is 0 Å². The third kappa shape index (κ3) is 1.00. The van der Waals surface area contributed by atoms with Gasteiger partial charge >= 0.3 is 0 Å². The van der Waals surface area contributed by atoms with Crippen LogP contribution < -0.4 is 0 Å². The molecular weight excluding hydrogens is 144 g/mol. The molecule has 0 saturated heterocycles. The van der Waals surface area contributed by atoms with E-state index in [1.807, 2.05) is 0 Å². The fourth-order valence-corrected chi connectivity index (χ4v) is 1.44. The van der Waals surface area contributed by atoms with Crippen LogP contribution in [0.3, 0.4) is 0 Å². The van der Waals surface area contributed by atoms with E-state index in [-0.39, 0.29) is 0 Å². The van der Waals surface area contributed by atoms with E-state index in [2.05, 4.69) is 44.7 Å². The highest BCUT2D eigenvalue weighted by atomic mass is 14.3. The second kappa shape index (κ2) is 2.34. The molecule has 0 aromatic heterocycles. The molecule has 0 fully saturated rings. The summed E-state index contributed by atoms with van der Waals surface area (Å²) in [5, 5.41) is 0. The minimum Gasteiger partial charge on any atom is -0.0908 e. The molecule has 2 rings (SSSR count). The van der Waals surface area contributed by atoms with Crippen molar-refractivity contribution in [3.8, 4) is 0 Å². The lowest BCUT2D eigenvalue weighted by Gasteiger charge is -1.94. The first-order valence-corrected chi connectivity index (χ1v) is 4.17. The molecule has 12 heavy (non-hydrogen) atoms. The molecule has 0 unspecified atom stereocenters. The summed E-state index contributed by atoms with van der Waals surface area (Å²) in [5.41, 5.74) is 6.55. The summed E-state index contributed by atoms with van der Waals surface area (Å²) in [6.45, 7) is 8.18. The Balaban J connectivity index is 2.38. The summed E-state index contributed by atoms with van der Waals surface area (Å²) < 4.78 is 0. The molecule has 1 aromatic carbocycles. The third-order valence-electron chi connectivity index (χ3n) is 2.41. The van der Waals surface area contributed by atoms with Gasteiger partial charge in [0.2, 0.25) is 0 Å². The molecule has 0 N–H and O–H groups in total. The molecule has 0 aliphatic heterocycles. The third-order valence-corrected chi connectivity index (χ3v) is 2.41. The summed E-state index contributed by atoms with van der Waals surface area (Å²) in [6.07, 6.45) is 0. The minimum atomic E-state index is 1.22. The smallest absolute Gasteiger partial charge is 0.00792 e. The second-order valence-corrected chi connectivity index (χ2v) is 3.34. The first-order chi connectivity index (χ1) is 5.70. The maximum atomic E-state index is 3.95. The van der Waals surface area contributed by atoms with Gasteiger partial charge in [0.05, 0.1) is 0 Å². The van der Waals surface area contributed by atoms with Crippen molar-refractivity contribution in [2.75, 3.05) is 0 Å². The topological polar surface area (TPSA) is 0 Å². The van der Waals surface area contributed by atoms with E-state index in [1.54, 1.807) is 0 Å². The molecule has 0 heteroatoms. The molecule has 0 nitrogen and oxygen atoms in total. The molecule has 60 valence electrons. The molecule has 1 aliphatic carbocycles. The normalized spacial score (nSPS) is 15.3. The Bertz CT molecular complexity index is 364. The molecular formula is C12H12. The molecule has 0 bridgehead atoms. The number of benzene rings is 1. The van der Waals surface area contributed by atoms with Crippen LogP contribution in [0.5, 0.6) is 0 Å². The quantitative estimate of drug-likeness (QED) is 0.585. The van der Waals surface area contributed by atoms with Crippen molar-refractivity contribution >= 4 is 5.57 Å². The largest absolute Gasteiger partial charge is 0.0908 e. The van der Waals surface area contributed by atoms with Crippen LogP contribution in [0.15, 0.2) is 42.0 Å². The van der Waals surface area contributed by atoms with E-state index >= 15 is 0 Å². The van der Waals surface area contributed by atoms with E-state index < -0.39 is 0 Å². The highest BCUT2D eigenvalue weighted by molar-refractivity contribution is 6.01. The van der Waals surface area contributed by atoms with Crippen LogP contribution in [0.25, 0.3) is 5.57 Å². The molecule has 1 aromatic rings. The van der Waals surface area contributed by atoms with Gasteiger partial charge in [-0.1, -0.05) is 36.4 Å². The van der Waals surface area contributed by atoms with Gasteiger partial charge in [-0.3, -0.25) is 0 Å². The molecule has 0 atom stereocenters. The van der Waals surface area contributed by atoms with Gasteiger partial charge in [0.1, 0.15) is 0 Å². The average molecular weight is 156 g/mol. The van der Waals surface area contributed by atoms with Gasteiger partial charge in [0, 0.05) is 0 Å². The first kappa shape index (κ1) is 7.35. The second-order valence-electron chi connectivity index (χ2n) is 3.34. The highest BCUT2D eigenvalue weighted by Gasteiger charge is 2.23. The standard InChI is InChI=1S/C12H12/c1-8-4-6-11(7-5-8)12-9(2)10(12)3/h4-7H,2H2,1,3H3. The number of rotatable bonds is 1. The van der Waals surface area contributed by atoms with Gasteiger partial charge in [-0.05, 0) is 36.1 Å². The van der Waals surface area contributed by atoms with Crippen molar-refractivity contribution in [1.29, 1.82) is 0 Å². The lowest BCUT2D eigenvalue weighted by molar-refractivity contribution is 1.46. The van der Waals surface area contributed by atoms with Crippen LogP contribution in [-0.2, 0) is 0 Å². The first-order valence-electron chi connectivity index (χ1n) is 4.17. The molecule has 0 saturated carbocycles. The maximum Gasteiger partial charge on any atom is -0.00792 e. The molecule has 0 radical (unpaired) electrons. The van der Waals surface area contributed by atoms with Gasteiger partial charge in [0.25, 0.3) is 0 Å². The highest BCUT2D eigenvalue weighted by Crippen LogP contribution is 2.44. The van der Waals surface area contributed by atoms with E-state index in [4.69, 9.17) is 0 Å². The van der Waals surface area contributed by atoms with Crippen molar-refractivity contribution in [3.05, 3.63) is 53.1 Å². The maximum absolute atomic E-state index is 3.95. The average Bonchev–Trinajstić information content (AvgIpc) is 2.63. The predicted octanol–water partition coefficient (Wildman–Crippen LogP) is 3.34. The Kier molecular flexibility index (Phi) is 1.44. The van der Waals surface area contributed by atoms with Crippen molar-refractivity contribution in [2.45, 2.75) is 13.8 Å². The number of allylic oxidation sites excluding steroid dienone is 3. The van der Waals surface area contributed by atoms with E-state index in [0.29, 0.717) is 0 Å². The van der Waals surface area contributed by atoms with Gasteiger partial charge in [-0.2, -0.15) is 0 Å². The molecule has 1 aliphatic rings. The number of hydrogen-bond donors (Lipinski definition) is 0. The Labute approximate surface area is 73.2 Å². The number of aryl methyl sites for hydroxylation is 1. The van der Waals surface area contributed by atoms with E-state index in [0.717, 1.165) is 0 Å². The summed E-state index contributed by atoms with van der Waals surface area (Å²) in [6, 6.07) is 8.60.